The first-order chi connectivity index (χ1) is 10.1. The molecule has 114 valence electrons. The Morgan fingerprint density at radius 2 is 2.24 bits per heavy atom. The van der Waals surface area contributed by atoms with Crippen LogP contribution in [-0.2, 0) is 4.74 Å². The summed E-state index contributed by atoms with van der Waals surface area (Å²) in [5, 5.41) is 4.85. The van der Waals surface area contributed by atoms with Gasteiger partial charge in [-0.25, -0.2) is 4.98 Å². The second kappa shape index (κ2) is 6.11. The molecule has 7 heteroatoms. The van der Waals surface area contributed by atoms with E-state index in [1.54, 1.807) is 5.38 Å². The quantitative estimate of drug-likeness (QED) is 0.913. The minimum absolute atomic E-state index is 0.0653. The summed E-state index contributed by atoms with van der Waals surface area (Å²) in [4.78, 5) is 30.5. The fraction of sp³-hybridized carbons (Fsp3) is 0.643. The van der Waals surface area contributed by atoms with Crippen LogP contribution in [0.4, 0.5) is 0 Å². The number of rotatable bonds is 3. The highest BCUT2D eigenvalue weighted by molar-refractivity contribution is 7.11. The molecule has 1 aromatic rings. The van der Waals surface area contributed by atoms with E-state index in [0.29, 0.717) is 23.9 Å². The average molecular weight is 309 g/mol. The molecule has 2 aliphatic rings. The van der Waals surface area contributed by atoms with Crippen LogP contribution in [0.5, 0.6) is 0 Å². The van der Waals surface area contributed by atoms with Crippen molar-refractivity contribution in [3.05, 3.63) is 16.1 Å². The first-order valence-corrected chi connectivity index (χ1v) is 8.18. The van der Waals surface area contributed by atoms with E-state index >= 15 is 0 Å². The molecule has 0 aromatic carbocycles. The van der Waals surface area contributed by atoms with E-state index in [9.17, 15) is 9.59 Å². The monoisotopic (exact) mass is 309 g/mol. The Labute approximate surface area is 127 Å². The van der Waals surface area contributed by atoms with Gasteiger partial charge in [-0.05, 0) is 26.2 Å². The molecule has 1 aromatic heterocycles. The molecule has 0 radical (unpaired) electrons. The highest BCUT2D eigenvalue weighted by atomic mass is 32.1. The van der Waals surface area contributed by atoms with Gasteiger partial charge < -0.3 is 15.0 Å². The van der Waals surface area contributed by atoms with E-state index in [-0.39, 0.29) is 23.9 Å². The molecular weight excluding hydrogens is 290 g/mol. The molecule has 0 aliphatic carbocycles. The first-order valence-electron chi connectivity index (χ1n) is 7.30. The van der Waals surface area contributed by atoms with E-state index in [4.69, 9.17) is 4.74 Å². The van der Waals surface area contributed by atoms with Crippen LogP contribution >= 0.6 is 11.3 Å². The van der Waals surface area contributed by atoms with Crippen LogP contribution in [0, 0.1) is 0 Å². The number of thiazole rings is 1. The van der Waals surface area contributed by atoms with Gasteiger partial charge in [0.15, 0.2) is 5.01 Å². The number of amides is 2. The average Bonchev–Trinajstić information content (AvgIpc) is 2.92. The Kier molecular flexibility index (Phi) is 4.21. The van der Waals surface area contributed by atoms with Gasteiger partial charge in [-0.1, -0.05) is 0 Å². The lowest BCUT2D eigenvalue weighted by Crippen LogP contribution is -2.48. The third-order valence-corrected chi connectivity index (χ3v) is 4.80. The van der Waals surface area contributed by atoms with Gasteiger partial charge in [0, 0.05) is 18.0 Å². The van der Waals surface area contributed by atoms with Gasteiger partial charge in [-0.3, -0.25) is 9.59 Å². The minimum Gasteiger partial charge on any atom is -0.377 e. The van der Waals surface area contributed by atoms with Gasteiger partial charge in [-0.15, -0.1) is 11.3 Å². The Balaban J connectivity index is 1.65. The number of carbonyl (C=O) groups is 2. The SMILES string of the molecule is C[C@H]1CCCCN1C(=O)c1csc(C(=O)NC2COC2)n1. The van der Waals surface area contributed by atoms with Gasteiger partial charge in [0.2, 0.25) is 0 Å². The molecule has 0 spiro atoms. The fourth-order valence-corrected chi connectivity index (χ4v) is 3.28. The zero-order valence-corrected chi connectivity index (χ0v) is 12.8. The van der Waals surface area contributed by atoms with Crippen molar-refractivity contribution in [1.29, 1.82) is 0 Å². The molecule has 3 heterocycles. The lowest BCUT2D eigenvalue weighted by Gasteiger charge is -2.32. The van der Waals surface area contributed by atoms with E-state index in [1.165, 1.54) is 17.8 Å². The maximum absolute atomic E-state index is 12.5. The fourth-order valence-electron chi connectivity index (χ4n) is 2.59. The minimum atomic E-state index is -0.223. The maximum atomic E-state index is 12.5. The number of nitrogens with zero attached hydrogens (tertiary/aromatic N) is 2. The van der Waals surface area contributed by atoms with Crippen LogP contribution < -0.4 is 5.32 Å². The number of piperidine rings is 1. The number of likely N-dealkylation sites (tertiary alicyclic amines) is 1. The summed E-state index contributed by atoms with van der Waals surface area (Å²) in [6, 6.07) is 0.319. The molecule has 0 bridgehead atoms. The van der Waals surface area contributed by atoms with Gasteiger partial charge in [-0.2, -0.15) is 0 Å². The van der Waals surface area contributed by atoms with E-state index in [2.05, 4.69) is 17.2 Å². The Morgan fingerprint density at radius 1 is 1.43 bits per heavy atom. The summed E-state index contributed by atoms with van der Waals surface area (Å²) in [6.45, 7) is 3.94. The van der Waals surface area contributed by atoms with Crippen molar-refractivity contribution in [2.45, 2.75) is 38.3 Å². The van der Waals surface area contributed by atoms with Gasteiger partial charge >= 0.3 is 0 Å². The highest BCUT2D eigenvalue weighted by Crippen LogP contribution is 2.20. The number of carbonyl (C=O) groups excluding carboxylic acids is 2. The number of aromatic nitrogens is 1. The number of ether oxygens (including phenoxy) is 1. The number of nitrogens with one attached hydrogen (secondary N) is 1. The van der Waals surface area contributed by atoms with Gasteiger partial charge in [0.25, 0.3) is 11.8 Å². The van der Waals surface area contributed by atoms with Crippen LogP contribution in [0.1, 0.15) is 46.5 Å². The molecule has 1 atom stereocenters. The summed E-state index contributed by atoms with van der Waals surface area (Å²) >= 11 is 1.22. The van der Waals surface area contributed by atoms with Crippen molar-refractivity contribution >= 4 is 23.2 Å². The Hall–Kier alpha value is -1.47. The third kappa shape index (κ3) is 3.08. The van der Waals surface area contributed by atoms with Crippen LogP contribution in [0.25, 0.3) is 0 Å². The first kappa shape index (κ1) is 14.5. The van der Waals surface area contributed by atoms with Crippen LogP contribution in [0.3, 0.4) is 0 Å². The lowest BCUT2D eigenvalue weighted by molar-refractivity contribution is -0.00346. The zero-order valence-electron chi connectivity index (χ0n) is 12.0. The summed E-state index contributed by atoms with van der Waals surface area (Å²) < 4.78 is 5.01. The van der Waals surface area contributed by atoms with Crippen LogP contribution in [-0.4, -0.2) is 53.5 Å². The summed E-state index contributed by atoms with van der Waals surface area (Å²) in [7, 11) is 0. The standard InChI is InChI=1S/C14H19N3O3S/c1-9-4-2-3-5-17(9)14(19)11-8-21-13(16-11)12(18)15-10-6-20-7-10/h8-10H,2-7H2,1H3,(H,15,18)/t9-/m0/s1. The Bertz CT molecular complexity index is 541. The van der Waals surface area contributed by atoms with Gasteiger partial charge in [0.05, 0.1) is 19.3 Å². The lowest BCUT2D eigenvalue weighted by atomic mass is 10.0. The molecule has 0 unspecified atom stereocenters. The van der Waals surface area contributed by atoms with Crippen molar-refractivity contribution in [3.8, 4) is 0 Å². The molecule has 0 saturated carbocycles. The molecule has 3 rings (SSSR count). The second-order valence-corrected chi connectivity index (χ2v) is 6.45. The Morgan fingerprint density at radius 3 is 2.90 bits per heavy atom. The molecule has 2 saturated heterocycles. The third-order valence-electron chi connectivity index (χ3n) is 3.95. The predicted octanol–water partition coefficient (Wildman–Crippen LogP) is 1.29. The summed E-state index contributed by atoms with van der Waals surface area (Å²) in [5.41, 5.74) is 0.378. The van der Waals surface area contributed by atoms with Crippen LogP contribution in [0.15, 0.2) is 5.38 Å². The molecule has 21 heavy (non-hydrogen) atoms. The number of hydrogen-bond donors (Lipinski definition) is 1. The van der Waals surface area contributed by atoms with Crippen molar-refractivity contribution < 1.29 is 14.3 Å². The second-order valence-electron chi connectivity index (χ2n) is 5.59. The zero-order chi connectivity index (χ0) is 14.8. The van der Waals surface area contributed by atoms with Gasteiger partial charge in [0.1, 0.15) is 5.69 Å². The normalized spacial score (nSPS) is 22.7. The molecule has 2 amide bonds. The molecular formula is C14H19N3O3S. The molecule has 2 fully saturated rings. The van der Waals surface area contributed by atoms with Crippen molar-refractivity contribution in [2.75, 3.05) is 19.8 Å². The van der Waals surface area contributed by atoms with Crippen molar-refractivity contribution in [1.82, 2.24) is 15.2 Å². The van der Waals surface area contributed by atoms with E-state index in [0.717, 1.165) is 19.4 Å². The molecule has 1 N–H and O–H groups in total. The predicted molar refractivity (Wildman–Crippen MR) is 78.5 cm³/mol. The number of hydrogen-bond acceptors (Lipinski definition) is 5. The topological polar surface area (TPSA) is 71.5 Å². The summed E-state index contributed by atoms with van der Waals surface area (Å²) in [6.07, 6.45) is 3.24. The van der Waals surface area contributed by atoms with Crippen molar-refractivity contribution in [2.24, 2.45) is 0 Å². The van der Waals surface area contributed by atoms with E-state index < -0.39 is 0 Å². The van der Waals surface area contributed by atoms with Crippen molar-refractivity contribution in [3.63, 3.8) is 0 Å². The summed E-state index contributed by atoms with van der Waals surface area (Å²) in [5.74, 6) is -0.288. The van der Waals surface area contributed by atoms with Crippen LogP contribution in [0.2, 0.25) is 0 Å². The van der Waals surface area contributed by atoms with E-state index in [1.807, 2.05) is 4.90 Å². The molecule has 2 aliphatic heterocycles. The smallest absolute Gasteiger partial charge is 0.280 e. The maximum Gasteiger partial charge on any atom is 0.280 e. The molecule has 6 nitrogen and oxygen atoms in total. The highest BCUT2D eigenvalue weighted by Gasteiger charge is 2.27. The largest absolute Gasteiger partial charge is 0.377 e.